The summed E-state index contributed by atoms with van der Waals surface area (Å²) in [6.07, 6.45) is 5.75. The molecule has 7 nitrogen and oxygen atoms in total. The third-order valence-electron chi connectivity index (χ3n) is 6.06. The van der Waals surface area contributed by atoms with Gasteiger partial charge in [0.2, 0.25) is 0 Å². The van der Waals surface area contributed by atoms with Gasteiger partial charge < -0.3 is 20.9 Å². The summed E-state index contributed by atoms with van der Waals surface area (Å²) < 4.78 is 1.97. The summed E-state index contributed by atoms with van der Waals surface area (Å²) in [6.45, 7) is 0. The van der Waals surface area contributed by atoms with E-state index in [0.717, 1.165) is 45.0 Å². The first-order chi connectivity index (χ1) is 17.9. The van der Waals surface area contributed by atoms with Gasteiger partial charge >= 0.3 is 0 Å². The van der Waals surface area contributed by atoms with Crippen molar-refractivity contribution in [3.63, 3.8) is 0 Å². The first-order valence-corrected chi connectivity index (χ1v) is 12.0. The lowest BCUT2D eigenvalue weighted by atomic mass is 10.1. The van der Waals surface area contributed by atoms with Gasteiger partial charge in [-0.25, -0.2) is 4.57 Å². The van der Waals surface area contributed by atoms with E-state index in [9.17, 15) is 4.79 Å². The predicted molar refractivity (Wildman–Crippen MR) is 151 cm³/mol. The zero-order chi connectivity index (χ0) is 25.8. The van der Waals surface area contributed by atoms with Crippen molar-refractivity contribution in [3.05, 3.63) is 109 Å². The number of nitrogens with zero attached hydrogens (tertiary/aromatic N) is 3. The minimum absolute atomic E-state index is 0.166. The maximum atomic E-state index is 12.9. The Morgan fingerprint density at radius 3 is 2.27 bits per heavy atom. The molecular weight excluding hydrogens is 460 g/mol. The molecule has 5 rings (SSSR count). The number of amides is 1. The van der Waals surface area contributed by atoms with E-state index >= 15 is 0 Å². The molecule has 0 bridgehead atoms. The van der Waals surface area contributed by atoms with Crippen LogP contribution < -0.4 is 25.4 Å². The Morgan fingerprint density at radius 2 is 1.51 bits per heavy atom. The molecular formula is C30H29N6O+. The molecule has 2 aromatic heterocycles. The van der Waals surface area contributed by atoms with E-state index in [1.165, 1.54) is 0 Å². The molecule has 0 aliphatic heterocycles. The monoisotopic (exact) mass is 489 g/mol. The molecule has 5 aromatic rings. The Labute approximate surface area is 216 Å². The molecule has 1 amide bonds. The highest BCUT2D eigenvalue weighted by atomic mass is 16.1. The van der Waals surface area contributed by atoms with Crippen molar-refractivity contribution in [1.82, 2.24) is 4.98 Å². The minimum Gasteiger partial charge on any atom is -0.378 e. The molecule has 0 saturated carbocycles. The Kier molecular flexibility index (Phi) is 6.68. The summed E-state index contributed by atoms with van der Waals surface area (Å²) >= 11 is 0. The van der Waals surface area contributed by atoms with Gasteiger partial charge in [0.05, 0.1) is 11.2 Å². The number of fused-ring (bicyclic) bond motifs is 1. The first-order valence-electron chi connectivity index (χ1n) is 12.0. The van der Waals surface area contributed by atoms with Crippen molar-refractivity contribution in [3.8, 4) is 0 Å². The van der Waals surface area contributed by atoms with E-state index in [4.69, 9.17) is 0 Å². The zero-order valence-electron chi connectivity index (χ0n) is 21.1. The maximum Gasteiger partial charge on any atom is 0.255 e. The number of aromatic nitrogens is 2. The number of nitrogens with one attached hydrogen (secondary N) is 3. The van der Waals surface area contributed by atoms with Crippen LogP contribution in [0.2, 0.25) is 0 Å². The van der Waals surface area contributed by atoms with Gasteiger partial charge in [-0.15, -0.1) is 0 Å². The summed E-state index contributed by atoms with van der Waals surface area (Å²) in [7, 11) is 6.00. The van der Waals surface area contributed by atoms with E-state index in [-0.39, 0.29) is 5.91 Å². The van der Waals surface area contributed by atoms with Crippen molar-refractivity contribution in [2.45, 2.75) is 0 Å². The van der Waals surface area contributed by atoms with Crippen LogP contribution in [0.15, 0.2) is 104 Å². The Balaban J connectivity index is 1.26. The third-order valence-corrected chi connectivity index (χ3v) is 6.06. The average Bonchev–Trinajstić information content (AvgIpc) is 2.90. The normalized spacial score (nSPS) is 10.7. The standard InChI is InChI=1S/C30H28N6O/c1-35(2)26-11-12-27-28(13-16-31-29(27)20-26)33-22-9-7-21(8-10-22)30(37)34-25-6-4-5-24(19-25)32-23-14-17-36(3)18-15-23/h4-20H,1-3H3,(H2,31,33,34,37)/p+1. The van der Waals surface area contributed by atoms with E-state index < -0.39 is 0 Å². The summed E-state index contributed by atoms with van der Waals surface area (Å²) in [5.74, 6) is -0.166. The van der Waals surface area contributed by atoms with E-state index in [0.29, 0.717) is 5.56 Å². The lowest BCUT2D eigenvalue weighted by Crippen LogP contribution is -2.25. The maximum absolute atomic E-state index is 12.9. The van der Waals surface area contributed by atoms with Crippen molar-refractivity contribution in [1.29, 1.82) is 0 Å². The van der Waals surface area contributed by atoms with Crippen molar-refractivity contribution < 1.29 is 9.36 Å². The molecule has 0 radical (unpaired) electrons. The molecule has 0 aliphatic carbocycles. The van der Waals surface area contributed by atoms with Gasteiger partial charge in [0.15, 0.2) is 12.4 Å². The van der Waals surface area contributed by atoms with Crippen LogP contribution in [0.1, 0.15) is 10.4 Å². The highest BCUT2D eigenvalue weighted by Gasteiger charge is 2.09. The second-order valence-corrected chi connectivity index (χ2v) is 9.07. The van der Waals surface area contributed by atoms with Gasteiger partial charge in [0, 0.05) is 71.8 Å². The first kappa shape index (κ1) is 23.8. The molecule has 37 heavy (non-hydrogen) atoms. The number of aryl methyl sites for hydroxylation is 1. The molecule has 3 aromatic carbocycles. The SMILES string of the molecule is CN(C)c1ccc2c(Nc3ccc(C(=O)Nc4cccc(Nc5cc[n+](C)cc5)c4)cc3)ccnc2c1. The Hall–Kier alpha value is -4.91. The largest absolute Gasteiger partial charge is 0.378 e. The minimum atomic E-state index is -0.166. The molecule has 0 atom stereocenters. The lowest BCUT2D eigenvalue weighted by Gasteiger charge is -2.15. The van der Waals surface area contributed by atoms with Crippen LogP contribution in [0, 0.1) is 0 Å². The van der Waals surface area contributed by atoms with Crippen LogP contribution in [-0.2, 0) is 7.05 Å². The Morgan fingerprint density at radius 1 is 0.784 bits per heavy atom. The van der Waals surface area contributed by atoms with Gasteiger partial charge in [0.25, 0.3) is 5.91 Å². The zero-order valence-corrected chi connectivity index (χ0v) is 21.1. The number of anilines is 6. The highest BCUT2D eigenvalue weighted by Crippen LogP contribution is 2.28. The Bertz CT molecular complexity index is 1550. The van der Waals surface area contributed by atoms with E-state index in [1.54, 1.807) is 6.20 Å². The number of pyridine rings is 2. The number of carbonyl (C=O) groups is 1. The van der Waals surface area contributed by atoms with Gasteiger partial charge in [-0.1, -0.05) is 6.07 Å². The topological polar surface area (TPSA) is 73.2 Å². The molecule has 0 fully saturated rings. The molecule has 184 valence electrons. The number of hydrogen-bond donors (Lipinski definition) is 3. The molecule has 7 heteroatoms. The van der Waals surface area contributed by atoms with E-state index in [1.807, 2.05) is 105 Å². The fourth-order valence-corrected chi connectivity index (χ4v) is 4.01. The van der Waals surface area contributed by atoms with Crippen molar-refractivity contribution in [2.75, 3.05) is 34.9 Å². The summed E-state index contributed by atoms with van der Waals surface area (Å²) in [6, 6.07) is 27.3. The van der Waals surface area contributed by atoms with Crippen LogP contribution in [0.25, 0.3) is 10.9 Å². The van der Waals surface area contributed by atoms with Gasteiger partial charge in [-0.05, 0) is 66.7 Å². The number of carbonyl (C=O) groups excluding carboxylic acids is 1. The van der Waals surface area contributed by atoms with Crippen LogP contribution in [0.5, 0.6) is 0 Å². The molecule has 0 spiro atoms. The molecule has 0 unspecified atom stereocenters. The highest BCUT2D eigenvalue weighted by molar-refractivity contribution is 6.04. The summed E-state index contributed by atoms with van der Waals surface area (Å²) in [4.78, 5) is 19.5. The third kappa shape index (κ3) is 5.67. The number of rotatable bonds is 7. The fraction of sp³-hybridized carbons (Fsp3) is 0.100. The van der Waals surface area contributed by atoms with Crippen LogP contribution >= 0.6 is 0 Å². The van der Waals surface area contributed by atoms with E-state index in [2.05, 4.69) is 44.0 Å². The summed E-state index contributed by atoms with van der Waals surface area (Å²) in [5.41, 5.74) is 7.05. The van der Waals surface area contributed by atoms with Gasteiger partial charge in [0.1, 0.15) is 7.05 Å². The molecule has 3 N–H and O–H groups in total. The molecule has 0 aliphatic rings. The van der Waals surface area contributed by atoms with Gasteiger partial charge in [-0.3, -0.25) is 9.78 Å². The number of hydrogen-bond acceptors (Lipinski definition) is 5. The summed E-state index contributed by atoms with van der Waals surface area (Å²) in [5, 5.41) is 10.8. The fourth-order valence-electron chi connectivity index (χ4n) is 4.01. The van der Waals surface area contributed by atoms with Crippen LogP contribution in [0.4, 0.5) is 34.1 Å². The predicted octanol–water partition coefficient (Wildman–Crippen LogP) is 5.86. The smallest absolute Gasteiger partial charge is 0.255 e. The quantitative estimate of drug-likeness (QED) is 0.250. The second-order valence-electron chi connectivity index (χ2n) is 9.07. The number of benzene rings is 3. The van der Waals surface area contributed by atoms with Crippen LogP contribution in [0.3, 0.4) is 0 Å². The second kappa shape index (κ2) is 10.4. The van der Waals surface area contributed by atoms with Crippen molar-refractivity contribution in [2.24, 2.45) is 7.05 Å². The lowest BCUT2D eigenvalue weighted by molar-refractivity contribution is -0.671. The average molecular weight is 490 g/mol. The van der Waals surface area contributed by atoms with Gasteiger partial charge in [-0.2, -0.15) is 0 Å². The van der Waals surface area contributed by atoms with Crippen LogP contribution in [-0.4, -0.2) is 25.0 Å². The molecule has 0 saturated heterocycles. The molecule has 2 heterocycles. The van der Waals surface area contributed by atoms with Crippen molar-refractivity contribution >= 4 is 50.9 Å².